The third kappa shape index (κ3) is 2.78. The Bertz CT molecular complexity index is 860. The summed E-state index contributed by atoms with van der Waals surface area (Å²) < 4.78 is 5.66. The van der Waals surface area contributed by atoms with Crippen molar-refractivity contribution in [3.8, 4) is 0 Å². The minimum atomic E-state index is -0.274. The van der Waals surface area contributed by atoms with Crippen molar-refractivity contribution in [2.45, 2.75) is 30.2 Å². The third-order valence-corrected chi connectivity index (χ3v) is 5.08. The highest BCUT2D eigenvalue weighted by atomic mass is 32.2. The zero-order valence-electron chi connectivity index (χ0n) is 13.3. The van der Waals surface area contributed by atoms with Crippen LogP contribution in [0.1, 0.15) is 18.9 Å². The first-order valence-corrected chi connectivity index (χ1v) is 8.88. The number of aryl methyl sites for hydroxylation is 1. The van der Waals surface area contributed by atoms with Gasteiger partial charge in [0, 0.05) is 18.4 Å². The molecule has 0 bridgehead atoms. The fourth-order valence-electron chi connectivity index (χ4n) is 2.98. The summed E-state index contributed by atoms with van der Waals surface area (Å²) in [4.78, 5) is 23.3. The molecule has 24 heavy (non-hydrogen) atoms. The van der Waals surface area contributed by atoms with Gasteiger partial charge in [0.1, 0.15) is 0 Å². The van der Waals surface area contributed by atoms with Crippen molar-refractivity contribution in [3.63, 3.8) is 0 Å². The van der Waals surface area contributed by atoms with Gasteiger partial charge < -0.3 is 9.32 Å². The molecule has 5 nitrogen and oxygen atoms in total. The van der Waals surface area contributed by atoms with Crippen LogP contribution in [0.5, 0.6) is 0 Å². The Balaban J connectivity index is 1.54. The number of nitrogens with zero attached hydrogens (tertiary/aromatic N) is 3. The van der Waals surface area contributed by atoms with Gasteiger partial charge >= 0.3 is 0 Å². The number of hydrogen-bond acceptors (Lipinski definition) is 5. The molecule has 3 aromatic rings. The van der Waals surface area contributed by atoms with Gasteiger partial charge in [0.25, 0.3) is 5.22 Å². The number of rotatable bonds is 3. The van der Waals surface area contributed by atoms with E-state index in [1.54, 1.807) is 12.3 Å². The smallest absolute Gasteiger partial charge is 0.259 e. The average molecular weight is 339 g/mol. The zero-order chi connectivity index (χ0) is 16.5. The number of carbonyl (C=O) groups is 1. The van der Waals surface area contributed by atoms with Crippen LogP contribution in [0.3, 0.4) is 0 Å². The van der Waals surface area contributed by atoms with E-state index >= 15 is 0 Å². The number of benzene rings is 1. The second kappa shape index (κ2) is 6.28. The second-order valence-electron chi connectivity index (χ2n) is 5.79. The molecule has 4 rings (SSSR count). The lowest BCUT2D eigenvalue weighted by molar-refractivity contribution is -0.117. The number of amides is 1. The largest absolute Gasteiger partial charge is 0.430 e. The van der Waals surface area contributed by atoms with E-state index < -0.39 is 0 Å². The first kappa shape index (κ1) is 15.2. The maximum absolute atomic E-state index is 12.9. The number of pyridine rings is 1. The van der Waals surface area contributed by atoms with Crippen LogP contribution in [0.2, 0.25) is 0 Å². The molecule has 0 unspecified atom stereocenters. The van der Waals surface area contributed by atoms with Crippen LogP contribution in [0.15, 0.2) is 52.2 Å². The molecule has 0 saturated heterocycles. The van der Waals surface area contributed by atoms with Gasteiger partial charge in [0.15, 0.2) is 11.2 Å². The Kier molecular flexibility index (Phi) is 3.98. The molecule has 0 saturated carbocycles. The molecule has 1 amide bonds. The van der Waals surface area contributed by atoms with Crippen LogP contribution in [-0.2, 0) is 11.2 Å². The standard InChI is InChI=1S/C18H17N3O2S/c1-12(24-18-20-16-15(23-18)9-4-10-19-16)17(22)21-11-5-7-13-6-2-3-8-14(13)21/h2-4,6,8-10,12H,5,7,11H2,1H3/t12-/m0/s1. The van der Waals surface area contributed by atoms with Gasteiger partial charge in [-0.25, -0.2) is 4.98 Å². The summed E-state index contributed by atoms with van der Waals surface area (Å²) in [6, 6.07) is 11.8. The molecule has 3 heterocycles. The lowest BCUT2D eigenvalue weighted by Crippen LogP contribution is -2.40. The Labute approximate surface area is 144 Å². The number of anilines is 1. The summed E-state index contributed by atoms with van der Waals surface area (Å²) >= 11 is 1.34. The quantitative estimate of drug-likeness (QED) is 0.681. The molecule has 0 aliphatic carbocycles. The number of para-hydroxylation sites is 1. The Morgan fingerprint density at radius 3 is 3.04 bits per heavy atom. The number of aromatic nitrogens is 2. The summed E-state index contributed by atoms with van der Waals surface area (Å²) in [5.41, 5.74) is 3.48. The van der Waals surface area contributed by atoms with Gasteiger partial charge in [-0.05, 0) is 43.5 Å². The van der Waals surface area contributed by atoms with Crippen molar-refractivity contribution in [2.75, 3.05) is 11.4 Å². The van der Waals surface area contributed by atoms with Crippen LogP contribution < -0.4 is 4.90 Å². The van der Waals surface area contributed by atoms with Gasteiger partial charge in [-0.1, -0.05) is 30.0 Å². The second-order valence-corrected chi connectivity index (χ2v) is 7.08. The predicted molar refractivity (Wildman–Crippen MR) is 94.2 cm³/mol. The minimum Gasteiger partial charge on any atom is -0.430 e. The summed E-state index contributed by atoms with van der Waals surface area (Å²) in [6.07, 6.45) is 3.70. The van der Waals surface area contributed by atoms with Crippen LogP contribution >= 0.6 is 11.8 Å². The van der Waals surface area contributed by atoms with Crippen molar-refractivity contribution in [1.29, 1.82) is 0 Å². The highest BCUT2D eigenvalue weighted by Gasteiger charge is 2.27. The number of thioether (sulfide) groups is 1. The topological polar surface area (TPSA) is 59.2 Å². The summed E-state index contributed by atoms with van der Waals surface area (Å²) in [5, 5.41) is 0.207. The van der Waals surface area contributed by atoms with Crippen molar-refractivity contribution in [2.24, 2.45) is 0 Å². The molecule has 0 radical (unpaired) electrons. The molecule has 0 N–H and O–H groups in total. The van der Waals surface area contributed by atoms with Gasteiger partial charge in [-0.15, -0.1) is 0 Å². The van der Waals surface area contributed by atoms with Crippen molar-refractivity contribution in [1.82, 2.24) is 9.97 Å². The fraction of sp³-hybridized carbons (Fsp3) is 0.278. The Hall–Kier alpha value is -2.34. The number of fused-ring (bicyclic) bond motifs is 2. The molecular formula is C18H17N3O2S. The third-order valence-electron chi connectivity index (χ3n) is 4.15. The van der Waals surface area contributed by atoms with Crippen molar-refractivity contribution >= 4 is 34.6 Å². The number of hydrogen-bond donors (Lipinski definition) is 0. The van der Waals surface area contributed by atoms with Crippen molar-refractivity contribution < 1.29 is 9.21 Å². The molecule has 122 valence electrons. The molecule has 1 aliphatic rings. The Morgan fingerprint density at radius 1 is 1.29 bits per heavy atom. The van der Waals surface area contributed by atoms with Crippen LogP contribution in [0, 0.1) is 0 Å². The van der Waals surface area contributed by atoms with Crippen molar-refractivity contribution in [3.05, 3.63) is 48.2 Å². The van der Waals surface area contributed by atoms with Crippen LogP contribution in [0.25, 0.3) is 11.2 Å². The lowest BCUT2D eigenvalue weighted by Gasteiger charge is -2.31. The number of oxazole rings is 1. The van der Waals surface area contributed by atoms with E-state index in [1.165, 1.54) is 17.3 Å². The zero-order valence-corrected chi connectivity index (χ0v) is 14.1. The minimum absolute atomic E-state index is 0.0855. The van der Waals surface area contributed by atoms with Gasteiger partial charge in [0.05, 0.1) is 5.25 Å². The van der Waals surface area contributed by atoms with Gasteiger partial charge in [-0.3, -0.25) is 4.79 Å². The molecule has 6 heteroatoms. The molecule has 1 atom stereocenters. The molecular weight excluding hydrogens is 322 g/mol. The maximum Gasteiger partial charge on any atom is 0.259 e. The molecule has 0 fully saturated rings. The SMILES string of the molecule is C[C@H](Sc1nc2ncccc2o1)C(=O)N1CCCc2ccccc21. The monoisotopic (exact) mass is 339 g/mol. The van der Waals surface area contributed by atoms with Crippen LogP contribution in [-0.4, -0.2) is 27.7 Å². The summed E-state index contributed by atoms with van der Waals surface area (Å²) in [6.45, 7) is 2.66. The fourth-order valence-corrected chi connectivity index (χ4v) is 3.79. The molecule has 2 aromatic heterocycles. The first-order valence-electron chi connectivity index (χ1n) is 8.00. The highest BCUT2D eigenvalue weighted by Crippen LogP contribution is 2.31. The van der Waals surface area contributed by atoms with E-state index in [9.17, 15) is 4.79 Å². The van der Waals surface area contributed by atoms with E-state index in [-0.39, 0.29) is 11.2 Å². The normalized spacial score (nSPS) is 15.3. The molecule has 0 spiro atoms. The van der Waals surface area contributed by atoms with Gasteiger partial charge in [0.2, 0.25) is 5.91 Å². The number of carbonyl (C=O) groups excluding carboxylic acids is 1. The average Bonchev–Trinajstić information content (AvgIpc) is 3.02. The van der Waals surface area contributed by atoms with E-state index in [2.05, 4.69) is 16.0 Å². The molecule has 1 aliphatic heterocycles. The van der Waals surface area contributed by atoms with E-state index in [0.717, 1.165) is 25.1 Å². The van der Waals surface area contributed by atoms with Crippen LogP contribution in [0.4, 0.5) is 5.69 Å². The van der Waals surface area contributed by atoms with Gasteiger partial charge in [-0.2, -0.15) is 4.98 Å². The lowest BCUT2D eigenvalue weighted by atomic mass is 10.0. The first-order chi connectivity index (χ1) is 11.7. The molecule has 1 aromatic carbocycles. The van der Waals surface area contributed by atoms with E-state index in [0.29, 0.717) is 16.5 Å². The Morgan fingerprint density at radius 2 is 2.17 bits per heavy atom. The highest BCUT2D eigenvalue weighted by molar-refractivity contribution is 8.00. The predicted octanol–water partition coefficient (Wildman–Crippen LogP) is 3.68. The van der Waals surface area contributed by atoms with E-state index in [4.69, 9.17) is 4.42 Å². The summed E-state index contributed by atoms with van der Waals surface area (Å²) in [7, 11) is 0. The maximum atomic E-state index is 12.9. The van der Waals surface area contributed by atoms with E-state index in [1.807, 2.05) is 36.1 Å². The summed E-state index contributed by atoms with van der Waals surface area (Å²) in [5.74, 6) is 0.0855.